The fraction of sp³-hybridized carbons (Fsp3) is 0.400. The van der Waals surface area contributed by atoms with Gasteiger partial charge >= 0.3 is 0 Å². The first kappa shape index (κ1) is 10.7. The molecule has 86 valence electrons. The summed E-state index contributed by atoms with van der Waals surface area (Å²) in [5.74, 6) is 0.401. The Labute approximate surface area is 93.0 Å². The van der Waals surface area contributed by atoms with E-state index >= 15 is 0 Å². The second-order valence-electron chi connectivity index (χ2n) is 3.81. The van der Waals surface area contributed by atoms with Crippen LogP contribution in [0.2, 0.25) is 0 Å². The largest absolute Gasteiger partial charge is 0.472 e. The maximum Gasteiger partial charge on any atom is 0.141 e. The van der Waals surface area contributed by atoms with Gasteiger partial charge in [-0.25, -0.2) is 5.06 Å². The normalized spacial score (nSPS) is 19.1. The molecule has 0 amide bonds. The number of hydrogen-bond donors (Lipinski definition) is 3. The molecular formula is C10H14N4O2. The zero-order valence-corrected chi connectivity index (χ0v) is 8.97. The Morgan fingerprint density at radius 2 is 2.12 bits per heavy atom. The molecule has 6 nitrogen and oxygen atoms in total. The minimum absolute atomic E-state index is 0.0275. The van der Waals surface area contributed by atoms with Gasteiger partial charge in [-0.2, -0.15) is 0 Å². The third-order valence-electron chi connectivity index (χ3n) is 2.77. The lowest BCUT2D eigenvalue weighted by Crippen LogP contribution is -2.52. The summed E-state index contributed by atoms with van der Waals surface area (Å²) in [4.78, 5) is 1.76. The average Bonchev–Trinajstić information content (AvgIpc) is 2.75. The third kappa shape index (κ3) is 1.79. The first-order chi connectivity index (χ1) is 7.59. The van der Waals surface area contributed by atoms with Crippen LogP contribution in [0.4, 0.5) is 0 Å². The molecule has 0 aromatic carbocycles. The Morgan fingerprint density at radius 1 is 1.38 bits per heavy atom. The lowest BCUT2D eigenvalue weighted by Gasteiger charge is -2.37. The second kappa shape index (κ2) is 3.97. The summed E-state index contributed by atoms with van der Waals surface area (Å²) in [7, 11) is 0. The molecule has 1 atom stereocenters. The zero-order valence-electron chi connectivity index (χ0n) is 8.97. The summed E-state index contributed by atoms with van der Waals surface area (Å²) in [5.41, 5.74) is 0.962. The highest BCUT2D eigenvalue weighted by molar-refractivity contribution is 5.94. The summed E-state index contributed by atoms with van der Waals surface area (Å²) >= 11 is 0. The summed E-state index contributed by atoms with van der Waals surface area (Å²) in [6, 6.07) is 1.81. The molecule has 2 rings (SSSR count). The van der Waals surface area contributed by atoms with Gasteiger partial charge in [0.1, 0.15) is 18.2 Å². The molecule has 1 unspecified atom stereocenters. The maximum atomic E-state index is 9.30. The van der Waals surface area contributed by atoms with Gasteiger partial charge in [-0.3, -0.25) is 16.0 Å². The molecule has 2 heterocycles. The highest BCUT2D eigenvalue weighted by Crippen LogP contribution is 2.22. The molecule has 0 saturated carbocycles. The summed E-state index contributed by atoms with van der Waals surface area (Å²) in [6.45, 7) is 2.24. The molecule has 1 aromatic rings. The van der Waals surface area contributed by atoms with Crippen molar-refractivity contribution in [2.45, 2.75) is 13.0 Å². The monoisotopic (exact) mass is 222 g/mol. The summed E-state index contributed by atoms with van der Waals surface area (Å²) < 4.78 is 5.00. The minimum atomic E-state index is -0.0275. The summed E-state index contributed by atoms with van der Waals surface area (Å²) in [5, 5.41) is 25.4. The Kier molecular flexibility index (Phi) is 2.66. The van der Waals surface area contributed by atoms with E-state index in [1.165, 1.54) is 0 Å². The SMILES string of the molecule is CC(c1ccoc1)N1CC(=N)N(O)CC1=N. The number of piperazine rings is 1. The van der Waals surface area contributed by atoms with Gasteiger partial charge in [-0.15, -0.1) is 0 Å². The number of rotatable bonds is 2. The van der Waals surface area contributed by atoms with Gasteiger partial charge in [0.2, 0.25) is 0 Å². The molecule has 1 aromatic heterocycles. The van der Waals surface area contributed by atoms with Crippen LogP contribution in [0.3, 0.4) is 0 Å². The van der Waals surface area contributed by atoms with E-state index in [1.807, 2.05) is 13.0 Å². The van der Waals surface area contributed by atoms with Crippen molar-refractivity contribution in [3.05, 3.63) is 24.2 Å². The van der Waals surface area contributed by atoms with Crippen LogP contribution in [-0.2, 0) is 0 Å². The van der Waals surface area contributed by atoms with E-state index < -0.39 is 0 Å². The second-order valence-corrected chi connectivity index (χ2v) is 3.81. The van der Waals surface area contributed by atoms with Crippen LogP contribution in [0.15, 0.2) is 23.0 Å². The molecule has 0 bridgehead atoms. The van der Waals surface area contributed by atoms with E-state index in [9.17, 15) is 5.21 Å². The van der Waals surface area contributed by atoms with Crippen LogP contribution in [0, 0.1) is 10.8 Å². The number of hydroxylamine groups is 2. The van der Waals surface area contributed by atoms with E-state index in [0.29, 0.717) is 5.84 Å². The van der Waals surface area contributed by atoms with E-state index in [-0.39, 0.29) is 25.0 Å². The molecule has 0 spiro atoms. The summed E-state index contributed by atoms with van der Waals surface area (Å²) in [6.07, 6.45) is 3.22. The van der Waals surface area contributed by atoms with Crippen LogP contribution in [0.5, 0.6) is 0 Å². The number of hydrogen-bond acceptors (Lipinski definition) is 4. The van der Waals surface area contributed by atoms with Crippen LogP contribution in [-0.4, -0.2) is 39.9 Å². The van der Waals surface area contributed by atoms with Crippen LogP contribution in [0.25, 0.3) is 0 Å². The topological polar surface area (TPSA) is 87.6 Å². The van der Waals surface area contributed by atoms with Gasteiger partial charge in [-0.1, -0.05) is 0 Å². The fourth-order valence-electron chi connectivity index (χ4n) is 1.73. The Morgan fingerprint density at radius 3 is 2.75 bits per heavy atom. The smallest absolute Gasteiger partial charge is 0.141 e. The van der Waals surface area contributed by atoms with E-state index in [0.717, 1.165) is 10.6 Å². The van der Waals surface area contributed by atoms with E-state index in [1.54, 1.807) is 17.4 Å². The van der Waals surface area contributed by atoms with E-state index in [4.69, 9.17) is 15.2 Å². The standard InChI is InChI=1S/C10H14N4O2/c1-7(8-2-3-16-6-8)13-4-10(12)14(15)5-9(13)11/h2-3,6-7,11-12,15H,4-5H2,1H3. The predicted molar refractivity (Wildman–Crippen MR) is 57.8 cm³/mol. The lowest BCUT2D eigenvalue weighted by molar-refractivity contribution is -0.0131. The average molecular weight is 222 g/mol. The van der Waals surface area contributed by atoms with Crippen LogP contribution >= 0.6 is 0 Å². The molecule has 1 aliphatic heterocycles. The number of furan rings is 1. The van der Waals surface area contributed by atoms with Crippen molar-refractivity contribution < 1.29 is 9.62 Å². The van der Waals surface area contributed by atoms with Gasteiger partial charge in [0.05, 0.1) is 25.1 Å². The molecule has 6 heteroatoms. The van der Waals surface area contributed by atoms with Crippen molar-refractivity contribution in [3.63, 3.8) is 0 Å². The molecule has 1 fully saturated rings. The van der Waals surface area contributed by atoms with Gasteiger partial charge in [-0.05, 0) is 13.0 Å². The number of nitrogens with zero attached hydrogens (tertiary/aromatic N) is 2. The lowest BCUT2D eigenvalue weighted by atomic mass is 10.1. The van der Waals surface area contributed by atoms with Gasteiger partial charge in [0.15, 0.2) is 0 Å². The molecule has 3 N–H and O–H groups in total. The third-order valence-corrected chi connectivity index (χ3v) is 2.77. The van der Waals surface area contributed by atoms with Crippen molar-refractivity contribution in [1.29, 1.82) is 10.8 Å². The highest BCUT2D eigenvalue weighted by atomic mass is 16.5. The van der Waals surface area contributed by atoms with Gasteiger partial charge in [0, 0.05) is 5.56 Å². The van der Waals surface area contributed by atoms with Crippen molar-refractivity contribution in [3.8, 4) is 0 Å². The van der Waals surface area contributed by atoms with Crippen LogP contribution in [0.1, 0.15) is 18.5 Å². The predicted octanol–water partition coefficient (Wildman–Crippen LogP) is 1.30. The Balaban J connectivity index is 2.15. The quantitative estimate of drug-likeness (QED) is 0.703. The Hall–Kier alpha value is -1.82. The van der Waals surface area contributed by atoms with Gasteiger partial charge in [0.25, 0.3) is 0 Å². The van der Waals surface area contributed by atoms with Crippen molar-refractivity contribution in [1.82, 2.24) is 9.96 Å². The van der Waals surface area contributed by atoms with Crippen molar-refractivity contribution >= 4 is 11.7 Å². The van der Waals surface area contributed by atoms with Crippen molar-refractivity contribution in [2.75, 3.05) is 13.1 Å². The van der Waals surface area contributed by atoms with Gasteiger partial charge < -0.3 is 9.32 Å². The maximum absolute atomic E-state index is 9.30. The van der Waals surface area contributed by atoms with E-state index in [2.05, 4.69) is 0 Å². The first-order valence-corrected chi connectivity index (χ1v) is 4.99. The first-order valence-electron chi connectivity index (χ1n) is 4.99. The van der Waals surface area contributed by atoms with Crippen molar-refractivity contribution in [2.24, 2.45) is 0 Å². The molecule has 0 aliphatic carbocycles. The molecule has 16 heavy (non-hydrogen) atoms. The molecule has 0 radical (unpaired) electrons. The molecule has 1 aliphatic rings. The van der Waals surface area contributed by atoms with Crippen LogP contribution < -0.4 is 0 Å². The molecule has 1 saturated heterocycles. The number of nitrogens with one attached hydrogen (secondary N) is 2. The Bertz CT molecular complexity index is 401. The molecular weight excluding hydrogens is 208 g/mol. The zero-order chi connectivity index (χ0) is 11.7. The number of amidine groups is 2. The highest BCUT2D eigenvalue weighted by Gasteiger charge is 2.28. The fourth-order valence-corrected chi connectivity index (χ4v) is 1.73. The minimum Gasteiger partial charge on any atom is -0.472 e.